The first-order valence-corrected chi connectivity index (χ1v) is 9.80. The van der Waals surface area contributed by atoms with Gasteiger partial charge in [-0.1, -0.05) is 30.7 Å². The molecule has 0 aromatic heterocycles. The van der Waals surface area contributed by atoms with Crippen LogP contribution in [0.3, 0.4) is 0 Å². The number of carbonyl (C=O) groups is 3. The number of rotatable bonds is 3. The monoisotopic (exact) mass is 376 g/mol. The molecule has 2 aromatic rings. The summed E-state index contributed by atoms with van der Waals surface area (Å²) in [6, 6.07) is 14.3. The Morgan fingerprint density at radius 3 is 2.46 bits per heavy atom. The van der Waals surface area contributed by atoms with Crippen LogP contribution < -0.4 is 10.2 Å². The van der Waals surface area contributed by atoms with Crippen molar-refractivity contribution in [2.24, 2.45) is 17.8 Å². The van der Waals surface area contributed by atoms with Crippen molar-refractivity contribution in [3.05, 3.63) is 59.7 Å². The molecule has 0 bridgehead atoms. The minimum Gasteiger partial charge on any atom is -0.322 e. The molecular weight excluding hydrogens is 352 g/mol. The number of aryl methyl sites for hydroxylation is 1. The smallest absolute Gasteiger partial charge is 0.255 e. The summed E-state index contributed by atoms with van der Waals surface area (Å²) in [5.74, 6) is -0.374. The number of nitrogens with zero attached hydrogens (tertiary/aromatic N) is 1. The van der Waals surface area contributed by atoms with Crippen molar-refractivity contribution in [2.45, 2.75) is 33.1 Å². The Morgan fingerprint density at radius 2 is 1.71 bits per heavy atom. The molecule has 144 valence electrons. The van der Waals surface area contributed by atoms with Crippen LogP contribution in [0.2, 0.25) is 0 Å². The van der Waals surface area contributed by atoms with Crippen LogP contribution in [0, 0.1) is 24.7 Å². The first-order chi connectivity index (χ1) is 13.4. The van der Waals surface area contributed by atoms with Crippen molar-refractivity contribution < 1.29 is 14.4 Å². The Kier molecular flexibility index (Phi) is 4.75. The summed E-state index contributed by atoms with van der Waals surface area (Å²) in [4.78, 5) is 39.5. The highest BCUT2D eigenvalue weighted by Crippen LogP contribution is 2.42. The quantitative estimate of drug-likeness (QED) is 0.818. The van der Waals surface area contributed by atoms with E-state index in [0.717, 1.165) is 24.8 Å². The number of hydrogen-bond acceptors (Lipinski definition) is 3. The molecule has 2 aromatic carbocycles. The van der Waals surface area contributed by atoms with Crippen molar-refractivity contribution in [1.82, 2.24) is 0 Å². The van der Waals surface area contributed by atoms with Gasteiger partial charge in [0, 0.05) is 11.3 Å². The van der Waals surface area contributed by atoms with Crippen LogP contribution in [0.15, 0.2) is 48.5 Å². The van der Waals surface area contributed by atoms with Crippen molar-refractivity contribution in [3.63, 3.8) is 0 Å². The second-order valence-corrected chi connectivity index (χ2v) is 8.01. The number of anilines is 2. The fourth-order valence-corrected chi connectivity index (χ4v) is 4.28. The molecule has 1 N–H and O–H groups in total. The van der Waals surface area contributed by atoms with Gasteiger partial charge in [-0.15, -0.1) is 0 Å². The van der Waals surface area contributed by atoms with Gasteiger partial charge in [-0.3, -0.25) is 14.4 Å². The van der Waals surface area contributed by atoms with E-state index in [1.165, 1.54) is 4.90 Å². The highest BCUT2D eigenvalue weighted by atomic mass is 16.2. The Morgan fingerprint density at radius 1 is 1.00 bits per heavy atom. The Bertz CT molecular complexity index is 935. The zero-order valence-corrected chi connectivity index (χ0v) is 16.1. The fourth-order valence-electron chi connectivity index (χ4n) is 4.28. The number of nitrogens with one attached hydrogen (secondary N) is 1. The third-order valence-corrected chi connectivity index (χ3v) is 5.86. The topological polar surface area (TPSA) is 66.5 Å². The van der Waals surface area contributed by atoms with Crippen LogP contribution >= 0.6 is 0 Å². The molecule has 3 atom stereocenters. The van der Waals surface area contributed by atoms with Gasteiger partial charge in [0.05, 0.1) is 17.5 Å². The van der Waals surface area contributed by atoms with Crippen molar-refractivity contribution in [1.29, 1.82) is 0 Å². The molecule has 2 fully saturated rings. The zero-order chi connectivity index (χ0) is 19.8. The second-order valence-electron chi connectivity index (χ2n) is 8.01. The van der Waals surface area contributed by atoms with E-state index >= 15 is 0 Å². The molecule has 5 nitrogen and oxygen atoms in total. The molecule has 2 aliphatic rings. The Balaban J connectivity index is 1.55. The highest BCUT2D eigenvalue weighted by Gasteiger charge is 2.49. The largest absolute Gasteiger partial charge is 0.322 e. The maximum absolute atomic E-state index is 12.9. The van der Waals surface area contributed by atoms with Gasteiger partial charge in [0.25, 0.3) is 5.91 Å². The molecule has 3 amide bonds. The summed E-state index contributed by atoms with van der Waals surface area (Å²) in [5, 5.41) is 2.85. The van der Waals surface area contributed by atoms with Gasteiger partial charge in [-0.25, -0.2) is 4.90 Å². The third-order valence-electron chi connectivity index (χ3n) is 5.86. The van der Waals surface area contributed by atoms with Gasteiger partial charge < -0.3 is 5.32 Å². The van der Waals surface area contributed by atoms with Crippen molar-refractivity contribution >= 4 is 29.1 Å². The van der Waals surface area contributed by atoms with Gasteiger partial charge in [-0.2, -0.15) is 0 Å². The van der Waals surface area contributed by atoms with E-state index in [1.807, 2.05) is 19.1 Å². The summed E-state index contributed by atoms with van der Waals surface area (Å²) in [5.41, 5.74) is 2.73. The van der Waals surface area contributed by atoms with E-state index in [0.29, 0.717) is 22.9 Å². The van der Waals surface area contributed by atoms with Crippen molar-refractivity contribution in [3.8, 4) is 0 Å². The molecule has 1 aliphatic carbocycles. The average molecular weight is 376 g/mol. The molecule has 0 radical (unpaired) electrons. The Labute approximate surface area is 164 Å². The molecule has 5 heteroatoms. The van der Waals surface area contributed by atoms with Crippen LogP contribution in [0.1, 0.15) is 42.1 Å². The first-order valence-electron chi connectivity index (χ1n) is 9.80. The van der Waals surface area contributed by atoms with Gasteiger partial charge in [0.1, 0.15) is 0 Å². The van der Waals surface area contributed by atoms with E-state index in [9.17, 15) is 14.4 Å². The minimum absolute atomic E-state index is 0.107. The predicted octanol–water partition coefficient (Wildman–Crippen LogP) is 4.17. The SMILES string of the molecule is Cc1ccc(C(=O)Nc2cccc(N3C(=O)[C@H]4CC[C@H](C)C[C@H]4C3=O)c2)cc1. The molecule has 1 aliphatic heterocycles. The van der Waals surface area contributed by atoms with Crippen LogP contribution in [0.4, 0.5) is 11.4 Å². The molecule has 1 saturated carbocycles. The number of benzene rings is 2. The average Bonchev–Trinajstić information content (AvgIpc) is 2.92. The van der Waals surface area contributed by atoms with Crippen molar-refractivity contribution in [2.75, 3.05) is 10.2 Å². The van der Waals surface area contributed by atoms with Gasteiger partial charge in [0.2, 0.25) is 11.8 Å². The van der Waals surface area contributed by atoms with Crippen LogP contribution in [0.25, 0.3) is 0 Å². The van der Waals surface area contributed by atoms with E-state index in [-0.39, 0.29) is 29.6 Å². The zero-order valence-electron chi connectivity index (χ0n) is 16.1. The van der Waals surface area contributed by atoms with E-state index < -0.39 is 0 Å². The first kappa shape index (κ1) is 18.4. The minimum atomic E-state index is -0.223. The summed E-state index contributed by atoms with van der Waals surface area (Å²) < 4.78 is 0. The summed E-state index contributed by atoms with van der Waals surface area (Å²) in [7, 11) is 0. The fraction of sp³-hybridized carbons (Fsp3) is 0.348. The molecule has 0 unspecified atom stereocenters. The van der Waals surface area contributed by atoms with Gasteiger partial charge in [0.15, 0.2) is 0 Å². The highest BCUT2D eigenvalue weighted by molar-refractivity contribution is 6.22. The van der Waals surface area contributed by atoms with E-state index in [1.54, 1.807) is 36.4 Å². The lowest BCUT2D eigenvalue weighted by Crippen LogP contribution is -2.31. The van der Waals surface area contributed by atoms with Crippen LogP contribution in [0.5, 0.6) is 0 Å². The second kappa shape index (κ2) is 7.23. The Hall–Kier alpha value is -2.95. The van der Waals surface area contributed by atoms with Crippen LogP contribution in [-0.2, 0) is 9.59 Å². The molecule has 28 heavy (non-hydrogen) atoms. The number of imide groups is 1. The third kappa shape index (κ3) is 3.33. The maximum Gasteiger partial charge on any atom is 0.255 e. The predicted molar refractivity (Wildman–Crippen MR) is 108 cm³/mol. The van der Waals surface area contributed by atoms with E-state index in [4.69, 9.17) is 0 Å². The molecule has 1 saturated heterocycles. The molecule has 0 spiro atoms. The van der Waals surface area contributed by atoms with E-state index in [2.05, 4.69) is 12.2 Å². The number of carbonyl (C=O) groups excluding carboxylic acids is 3. The number of hydrogen-bond donors (Lipinski definition) is 1. The molecule has 1 heterocycles. The lowest BCUT2D eigenvalue weighted by atomic mass is 9.76. The summed E-state index contributed by atoms with van der Waals surface area (Å²) in [6.07, 6.45) is 2.53. The van der Waals surface area contributed by atoms with Gasteiger partial charge in [-0.05, 0) is 62.4 Å². The standard InChI is InChI=1S/C23H24N2O3/c1-14-6-9-16(10-7-14)21(26)24-17-4-3-5-18(13-17)25-22(27)19-11-8-15(2)12-20(19)23(25)28/h3-7,9-10,13,15,19-20H,8,11-12H2,1-2H3,(H,24,26)/t15-,19-,20+/m0/s1. The lowest BCUT2D eigenvalue weighted by Gasteiger charge is -2.25. The summed E-state index contributed by atoms with van der Waals surface area (Å²) >= 11 is 0. The van der Waals surface area contributed by atoms with Crippen LogP contribution in [-0.4, -0.2) is 17.7 Å². The summed E-state index contributed by atoms with van der Waals surface area (Å²) in [6.45, 7) is 4.10. The molecule has 4 rings (SSSR count). The molecular formula is C23H24N2O3. The maximum atomic E-state index is 12.9. The van der Waals surface area contributed by atoms with Gasteiger partial charge >= 0.3 is 0 Å². The number of fused-ring (bicyclic) bond motifs is 1. The number of amides is 3. The normalized spacial score (nSPS) is 24.2. The lowest BCUT2D eigenvalue weighted by molar-refractivity contribution is -0.122.